The Bertz CT molecular complexity index is 1680. The molecular formula is C25H18FN5O3. The van der Waals surface area contributed by atoms with Crippen molar-refractivity contribution < 1.29 is 13.9 Å². The van der Waals surface area contributed by atoms with E-state index in [1.807, 2.05) is 0 Å². The zero-order valence-corrected chi connectivity index (χ0v) is 18.0. The van der Waals surface area contributed by atoms with E-state index in [2.05, 4.69) is 26.9 Å². The molecule has 2 aromatic carbocycles. The highest BCUT2D eigenvalue weighted by atomic mass is 19.1. The van der Waals surface area contributed by atoms with E-state index in [1.165, 1.54) is 29.2 Å². The monoisotopic (exact) mass is 455 g/mol. The van der Waals surface area contributed by atoms with Gasteiger partial charge in [0.1, 0.15) is 47.6 Å². The van der Waals surface area contributed by atoms with Crippen molar-refractivity contribution in [3.63, 3.8) is 0 Å². The van der Waals surface area contributed by atoms with Gasteiger partial charge < -0.3 is 15.3 Å². The summed E-state index contributed by atoms with van der Waals surface area (Å²) in [6.45, 7) is 1.42. The summed E-state index contributed by atoms with van der Waals surface area (Å²) in [6.07, 6.45) is 1.30. The van der Waals surface area contributed by atoms with E-state index in [0.29, 0.717) is 27.6 Å². The van der Waals surface area contributed by atoms with Gasteiger partial charge in [0.05, 0.1) is 16.3 Å². The number of aliphatic hydroxyl groups excluding tert-OH is 1. The topological polar surface area (TPSA) is 120 Å². The van der Waals surface area contributed by atoms with E-state index < -0.39 is 11.9 Å². The van der Waals surface area contributed by atoms with Crippen molar-refractivity contribution in [3.8, 4) is 23.0 Å². The summed E-state index contributed by atoms with van der Waals surface area (Å²) in [4.78, 5) is 21.9. The second kappa shape index (κ2) is 8.42. The summed E-state index contributed by atoms with van der Waals surface area (Å²) in [5.74, 6) is 5.30. The number of aromatic nitrogens is 4. The first kappa shape index (κ1) is 21.3. The van der Waals surface area contributed by atoms with Gasteiger partial charge in [0.15, 0.2) is 5.65 Å². The fourth-order valence-corrected chi connectivity index (χ4v) is 3.96. The van der Waals surface area contributed by atoms with Gasteiger partial charge in [0, 0.05) is 0 Å². The fraction of sp³-hybridized carbons (Fsp3) is 0.120. The first-order chi connectivity index (χ1) is 16.5. The normalized spacial score (nSPS) is 12.0. The van der Waals surface area contributed by atoms with Crippen LogP contribution >= 0.6 is 0 Å². The number of fused-ring (bicyclic) bond motifs is 2. The van der Waals surface area contributed by atoms with Crippen LogP contribution in [0.3, 0.4) is 0 Å². The number of hydrogen-bond acceptors (Lipinski definition) is 7. The Morgan fingerprint density at radius 2 is 2.03 bits per heavy atom. The molecule has 0 amide bonds. The second-order valence-corrected chi connectivity index (χ2v) is 7.56. The van der Waals surface area contributed by atoms with Crippen LogP contribution in [0.5, 0.6) is 0 Å². The number of halogens is 1. The molecule has 0 radical (unpaired) electrons. The minimum Gasteiger partial charge on any atom is -0.458 e. The molecular weight excluding hydrogens is 437 g/mol. The van der Waals surface area contributed by atoms with E-state index >= 15 is 0 Å². The molecule has 0 aliphatic heterocycles. The number of nitrogen functional groups attached to an aromatic ring is 1. The van der Waals surface area contributed by atoms with E-state index in [4.69, 9.17) is 15.3 Å². The lowest BCUT2D eigenvalue weighted by molar-refractivity contribution is 0.350. The summed E-state index contributed by atoms with van der Waals surface area (Å²) in [6, 6.07) is 12.0. The third kappa shape index (κ3) is 3.46. The van der Waals surface area contributed by atoms with Crippen molar-refractivity contribution in [2.45, 2.75) is 13.0 Å². The standard InChI is InChI=1S/C25H18FN5O3/c1-14(31-25-21(24(27)28-13-29-25)18(30-31)9-5-11-32)23-20(15-6-4-7-16(26)12-15)22(33)17-8-2-3-10-19(17)34-23/h2-4,6-8,10,12-14,32H,11H2,1H3,(H2,27,28,29). The molecule has 3 aromatic heterocycles. The molecule has 1 atom stereocenters. The molecule has 5 rings (SSSR count). The smallest absolute Gasteiger partial charge is 0.200 e. The number of nitrogens with two attached hydrogens (primary N) is 1. The van der Waals surface area contributed by atoms with Crippen LogP contribution in [0.1, 0.15) is 24.4 Å². The van der Waals surface area contributed by atoms with Crippen LogP contribution in [-0.4, -0.2) is 31.5 Å². The Morgan fingerprint density at radius 1 is 1.21 bits per heavy atom. The summed E-state index contributed by atoms with van der Waals surface area (Å²) in [5.41, 5.74) is 7.43. The maximum Gasteiger partial charge on any atom is 0.200 e. The molecule has 5 aromatic rings. The van der Waals surface area contributed by atoms with Gasteiger partial charge in [-0.25, -0.2) is 19.0 Å². The van der Waals surface area contributed by atoms with Crippen molar-refractivity contribution >= 4 is 27.8 Å². The van der Waals surface area contributed by atoms with Crippen LogP contribution in [0.4, 0.5) is 10.2 Å². The van der Waals surface area contributed by atoms with Crippen LogP contribution < -0.4 is 11.2 Å². The van der Waals surface area contributed by atoms with Crippen LogP contribution in [0.25, 0.3) is 33.1 Å². The van der Waals surface area contributed by atoms with Crippen molar-refractivity contribution in [3.05, 3.63) is 82.4 Å². The van der Waals surface area contributed by atoms with E-state index in [0.717, 1.165) is 0 Å². The SMILES string of the molecule is CC(c1oc2ccccc2c(=O)c1-c1cccc(F)c1)n1nc(C#CCO)c2c(N)ncnc21. The number of aliphatic hydroxyl groups is 1. The van der Waals surface area contributed by atoms with Gasteiger partial charge in [-0.15, -0.1) is 0 Å². The van der Waals surface area contributed by atoms with Crippen LogP contribution in [-0.2, 0) is 0 Å². The molecule has 0 fully saturated rings. The third-order valence-corrected chi connectivity index (χ3v) is 5.49. The Labute approximate surface area is 192 Å². The first-order valence-electron chi connectivity index (χ1n) is 10.4. The van der Waals surface area contributed by atoms with Crippen LogP contribution in [0, 0.1) is 17.7 Å². The largest absolute Gasteiger partial charge is 0.458 e. The van der Waals surface area contributed by atoms with E-state index in [9.17, 15) is 9.18 Å². The molecule has 0 aliphatic carbocycles. The average Bonchev–Trinajstić information content (AvgIpc) is 3.22. The maximum atomic E-state index is 14.1. The zero-order chi connectivity index (χ0) is 23.8. The quantitative estimate of drug-likeness (QED) is 0.401. The van der Waals surface area contributed by atoms with Gasteiger partial charge in [-0.3, -0.25) is 4.79 Å². The lowest BCUT2D eigenvalue weighted by Gasteiger charge is -2.17. The number of anilines is 1. The fourth-order valence-electron chi connectivity index (χ4n) is 3.96. The highest BCUT2D eigenvalue weighted by Gasteiger charge is 2.26. The van der Waals surface area contributed by atoms with Gasteiger partial charge in [-0.2, -0.15) is 5.10 Å². The second-order valence-electron chi connectivity index (χ2n) is 7.56. The molecule has 8 nitrogen and oxygen atoms in total. The maximum absolute atomic E-state index is 14.1. The molecule has 34 heavy (non-hydrogen) atoms. The highest BCUT2D eigenvalue weighted by molar-refractivity contribution is 5.90. The molecule has 0 saturated heterocycles. The lowest BCUT2D eigenvalue weighted by Crippen LogP contribution is -2.16. The average molecular weight is 455 g/mol. The summed E-state index contributed by atoms with van der Waals surface area (Å²) >= 11 is 0. The van der Waals surface area contributed by atoms with E-state index in [1.54, 1.807) is 37.3 Å². The molecule has 0 bridgehead atoms. The Balaban J connectivity index is 1.82. The van der Waals surface area contributed by atoms with Gasteiger partial charge in [0.2, 0.25) is 5.43 Å². The minimum atomic E-state index is -0.656. The lowest BCUT2D eigenvalue weighted by atomic mass is 9.99. The number of hydrogen-bond donors (Lipinski definition) is 2. The number of rotatable bonds is 3. The predicted octanol–water partition coefficient (Wildman–Crippen LogP) is 3.27. The molecule has 0 saturated carbocycles. The van der Waals surface area contributed by atoms with Crippen LogP contribution in [0.2, 0.25) is 0 Å². The number of nitrogens with zero attached hydrogens (tertiary/aromatic N) is 4. The summed E-state index contributed by atoms with van der Waals surface area (Å²) in [5, 5.41) is 14.5. The molecule has 9 heteroatoms. The van der Waals surface area contributed by atoms with E-state index in [-0.39, 0.29) is 34.9 Å². The zero-order valence-electron chi connectivity index (χ0n) is 18.0. The molecule has 3 N–H and O–H groups in total. The molecule has 0 spiro atoms. The van der Waals surface area contributed by atoms with Gasteiger partial charge >= 0.3 is 0 Å². The van der Waals surface area contributed by atoms with Gasteiger partial charge in [-0.05, 0) is 42.7 Å². The highest BCUT2D eigenvalue weighted by Crippen LogP contribution is 2.33. The Hall–Kier alpha value is -4.55. The third-order valence-electron chi connectivity index (χ3n) is 5.49. The Kier molecular flexibility index (Phi) is 5.28. The molecule has 1 unspecified atom stereocenters. The molecule has 0 aliphatic rings. The molecule has 3 heterocycles. The summed E-state index contributed by atoms with van der Waals surface area (Å²) in [7, 11) is 0. The summed E-state index contributed by atoms with van der Waals surface area (Å²) < 4.78 is 21.9. The van der Waals surface area contributed by atoms with Crippen molar-refractivity contribution in [2.24, 2.45) is 0 Å². The minimum absolute atomic E-state index is 0.177. The number of para-hydroxylation sites is 1. The van der Waals surface area contributed by atoms with Crippen molar-refractivity contribution in [1.82, 2.24) is 19.7 Å². The van der Waals surface area contributed by atoms with Gasteiger partial charge in [0.25, 0.3) is 0 Å². The predicted molar refractivity (Wildman–Crippen MR) is 125 cm³/mol. The van der Waals surface area contributed by atoms with Crippen molar-refractivity contribution in [2.75, 3.05) is 12.3 Å². The number of benzene rings is 2. The first-order valence-corrected chi connectivity index (χ1v) is 10.4. The Morgan fingerprint density at radius 3 is 2.82 bits per heavy atom. The van der Waals surface area contributed by atoms with Crippen LogP contribution in [0.15, 0.2) is 64.1 Å². The van der Waals surface area contributed by atoms with Gasteiger partial charge in [-0.1, -0.05) is 30.2 Å². The molecule has 168 valence electrons. The van der Waals surface area contributed by atoms with Crippen molar-refractivity contribution in [1.29, 1.82) is 0 Å².